The fraction of sp³-hybridized carbons (Fsp3) is 0.765. The molecule has 0 aromatic carbocycles. The number of hydrogen-bond donors (Lipinski definition) is 1. The summed E-state index contributed by atoms with van der Waals surface area (Å²) in [5.74, 6) is 1.27. The second-order valence-electron chi connectivity index (χ2n) is 7.15. The van der Waals surface area contributed by atoms with Gasteiger partial charge in [-0.25, -0.2) is 4.98 Å². The van der Waals surface area contributed by atoms with E-state index in [0.29, 0.717) is 18.5 Å². The number of nitrogens with zero attached hydrogens (tertiary/aromatic N) is 3. The lowest BCUT2D eigenvalue weighted by Gasteiger charge is -2.38. The molecule has 22 heavy (non-hydrogen) atoms. The zero-order valence-electron chi connectivity index (χ0n) is 13.4. The smallest absolute Gasteiger partial charge is 0.226 e. The van der Waals surface area contributed by atoms with Gasteiger partial charge in [-0.15, -0.1) is 0 Å². The molecule has 1 aliphatic heterocycles. The number of hydrogen-bond acceptors (Lipinski definition) is 3. The molecule has 2 fully saturated rings. The van der Waals surface area contributed by atoms with Gasteiger partial charge in [0.05, 0.1) is 18.2 Å². The minimum absolute atomic E-state index is 0.123. The first-order valence-electron chi connectivity index (χ1n) is 8.82. The highest BCUT2D eigenvalue weighted by Gasteiger charge is 2.33. The SMILES string of the molecule is CC1c2nc(CC(=O)NC3CC3)cn2CCN1C1CCCC1. The van der Waals surface area contributed by atoms with Crippen LogP contribution in [-0.2, 0) is 17.8 Å². The van der Waals surface area contributed by atoms with Crippen LogP contribution >= 0.6 is 0 Å². The Hall–Kier alpha value is -1.36. The molecule has 1 N–H and O–H groups in total. The molecule has 4 rings (SSSR count). The predicted molar refractivity (Wildman–Crippen MR) is 84.5 cm³/mol. The van der Waals surface area contributed by atoms with E-state index in [0.717, 1.165) is 43.5 Å². The number of carbonyl (C=O) groups excluding carboxylic acids is 1. The summed E-state index contributed by atoms with van der Waals surface area (Å²) in [6.45, 7) is 4.39. The minimum Gasteiger partial charge on any atom is -0.353 e. The van der Waals surface area contributed by atoms with E-state index < -0.39 is 0 Å². The van der Waals surface area contributed by atoms with Gasteiger partial charge in [-0.3, -0.25) is 9.69 Å². The van der Waals surface area contributed by atoms with Crippen LogP contribution in [0.3, 0.4) is 0 Å². The monoisotopic (exact) mass is 302 g/mol. The van der Waals surface area contributed by atoms with Gasteiger partial charge < -0.3 is 9.88 Å². The maximum Gasteiger partial charge on any atom is 0.226 e. The second-order valence-corrected chi connectivity index (χ2v) is 7.15. The Labute approximate surface area is 132 Å². The molecular weight excluding hydrogens is 276 g/mol. The molecule has 0 bridgehead atoms. The molecule has 1 atom stereocenters. The van der Waals surface area contributed by atoms with Crippen LogP contribution in [0.25, 0.3) is 0 Å². The molecule has 1 amide bonds. The number of amides is 1. The quantitative estimate of drug-likeness (QED) is 0.926. The first-order chi connectivity index (χ1) is 10.7. The molecule has 1 unspecified atom stereocenters. The Balaban J connectivity index is 1.45. The number of nitrogens with one attached hydrogen (secondary N) is 1. The summed E-state index contributed by atoms with van der Waals surface area (Å²) >= 11 is 0. The summed E-state index contributed by atoms with van der Waals surface area (Å²) in [5, 5.41) is 3.05. The lowest BCUT2D eigenvalue weighted by atomic mass is 10.1. The highest BCUT2D eigenvalue weighted by atomic mass is 16.1. The molecule has 120 valence electrons. The van der Waals surface area contributed by atoms with Gasteiger partial charge in [0.2, 0.25) is 5.91 Å². The van der Waals surface area contributed by atoms with Crippen molar-refractivity contribution in [3.05, 3.63) is 17.7 Å². The Morgan fingerprint density at radius 3 is 2.77 bits per heavy atom. The van der Waals surface area contributed by atoms with Crippen molar-refractivity contribution in [1.82, 2.24) is 19.8 Å². The maximum atomic E-state index is 12.0. The number of rotatable bonds is 4. The van der Waals surface area contributed by atoms with E-state index in [2.05, 4.69) is 27.9 Å². The molecular formula is C17H26N4O. The van der Waals surface area contributed by atoms with Crippen molar-refractivity contribution >= 4 is 5.91 Å². The van der Waals surface area contributed by atoms with Crippen LogP contribution in [0.1, 0.15) is 63.0 Å². The highest BCUT2D eigenvalue weighted by Crippen LogP contribution is 2.33. The first-order valence-corrected chi connectivity index (χ1v) is 8.82. The van der Waals surface area contributed by atoms with Gasteiger partial charge in [0.1, 0.15) is 5.82 Å². The third kappa shape index (κ3) is 2.78. The Bertz CT molecular complexity index is 557. The van der Waals surface area contributed by atoms with Gasteiger partial charge in [0.25, 0.3) is 0 Å². The average Bonchev–Trinajstić information content (AvgIpc) is 3.00. The fourth-order valence-corrected chi connectivity index (χ4v) is 4.05. The number of aromatic nitrogens is 2. The van der Waals surface area contributed by atoms with Crippen molar-refractivity contribution < 1.29 is 4.79 Å². The summed E-state index contributed by atoms with van der Waals surface area (Å²) < 4.78 is 2.26. The van der Waals surface area contributed by atoms with E-state index in [9.17, 15) is 4.79 Å². The molecule has 3 aliphatic rings. The van der Waals surface area contributed by atoms with Gasteiger partial charge in [-0.1, -0.05) is 12.8 Å². The number of imidazole rings is 1. The molecule has 1 aromatic heterocycles. The molecule has 0 spiro atoms. The van der Waals surface area contributed by atoms with Crippen LogP contribution < -0.4 is 5.32 Å². The normalized spacial score (nSPS) is 26.1. The van der Waals surface area contributed by atoms with Crippen LogP contribution in [0.15, 0.2) is 6.20 Å². The van der Waals surface area contributed by atoms with Gasteiger partial charge in [-0.2, -0.15) is 0 Å². The van der Waals surface area contributed by atoms with Crippen molar-refractivity contribution in [2.75, 3.05) is 6.54 Å². The van der Waals surface area contributed by atoms with Crippen molar-refractivity contribution in [2.45, 2.75) is 76.5 Å². The number of carbonyl (C=O) groups is 1. The van der Waals surface area contributed by atoms with Crippen LogP contribution in [0.5, 0.6) is 0 Å². The first kappa shape index (κ1) is 14.2. The minimum atomic E-state index is 0.123. The van der Waals surface area contributed by atoms with Crippen LogP contribution in [0.4, 0.5) is 0 Å². The molecule has 5 heteroatoms. The molecule has 0 radical (unpaired) electrons. The fourth-order valence-electron chi connectivity index (χ4n) is 4.05. The van der Waals surface area contributed by atoms with Crippen LogP contribution in [0, 0.1) is 0 Å². The zero-order chi connectivity index (χ0) is 15.1. The van der Waals surface area contributed by atoms with Gasteiger partial charge >= 0.3 is 0 Å². The highest BCUT2D eigenvalue weighted by molar-refractivity contribution is 5.78. The van der Waals surface area contributed by atoms with Crippen LogP contribution in [0.2, 0.25) is 0 Å². The van der Waals surface area contributed by atoms with Crippen molar-refractivity contribution in [3.63, 3.8) is 0 Å². The summed E-state index contributed by atoms with van der Waals surface area (Å²) in [5.41, 5.74) is 0.924. The van der Waals surface area contributed by atoms with Crippen molar-refractivity contribution in [1.29, 1.82) is 0 Å². The largest absolute Gasteiger partial charge is 0.353 e. The predicted octanol–water partition coefficient (Wildman–Crippen LogP) is 2.02. The van der Waals surface area contributed by atoms with Crippen molar-refractivity contribution in [2.24, 2.45) is 0 Å². The summed E-state index contributed by atoms with van der Waals surface area (Å²) in [7, 11) is 0. The summed E-state index contributed by atoms with van der Waals surface area (Å²) in [4.78, 5) is 19.4. The Morgan fingerprint density at radius 2 is 2.05 bits per heavy atom. The lowest BCUT2D eigenvalue weighted by Crippen LogP contribution is -2.42. The second kappa shape index (κ2) is 5.69. The van der Waals surface area contributed by atoms with Crippen LogP contribution in [-0.4, -0.2) is 39.0 Å². The van der Waals surface area contributed by atoms with Crippen molar-refractivity contribution in [3.8, 4) is 0 Å². The van der Waals surface area contributed by atoms with E-state index in [-0.39, 0.29) is 5.91 Å². The van der Waals surface area contributed by atoms with E-state index >= 15 is 0 Å². The topological polar surface area (TPSA) is 50.2 Å². The Kier molecular flexibility index (Phi) is 3.68. The van der Waals surface area contributed by atoms with E-state index in [1.807, 2.05) is 0 Å². The molecule has 1 aromatic rings. The molecule has 5 nitrogen and oxygen atoms in total. The zero-order valence-corrected chi connectivity index (χ0v) is 13.4. The van der Waals surface area contributed by atoms with E-state index in [4.69, 9.17) is 4.98 Å². The van der Waals surface area contributed by atoms with E-state index in [1.165, 1.54) is 25.7 Å². The Morgan fingerprint density at radius 1 is 1.27 bits per heavy atom. The standard InChI is InChI=1S/C17H26N4O/c1-12-17-19-14(10-16(22)18-13-6-7-13)11-20(17)8-9-21(12)15-4-2-3-5-15/h11-13,15H,2-10H2,1H3,(H,18,22). The number of fused-ring (bicyclic) bond motifs is 1. The molecule has 2 heterocycles. The average molecular weight is 302 g/mol. The third-order valence-electron chi connectivity index (χ3n) is 5.41. The van der Waals surface area contributed by atoms with Gasteiger partial charge in [0, 0.05) is 31.4 Å². The molecule has 0 saturated heterocycles. The third-order valence-corrected chi connectivity index (χ3v) is 5.41. The molecule has 2 saturated carbocycles. The summed E-state index contributed by atoms with van der Waals surface area (Å²) in [6, 6.07) is 1.54. The lowest BCUT2D eigenvalue weighted by molar-refractivity contribution is -0.120. The van der Waals surface area contributed by atoms with Gasteiger partial charge in [-0.05, 0) is 32.6 Å². The van der Waals surface area contributed by atoms with E-state index in [1.54, 1.807) is 0 Å². The maximum absolute atomic E-state index is 12.0. The van der Waals surface area contributed by atoms with Gasteiger partial charge in [0.15, 0.2) is 0 Å². The summed E-state index contributed by atoms with van der Waals surface area (Å²) in [6.07, 6.45) is 10.2. The molecule has 2 aliphatic carbocycles.